The van der Waals surface area contributed by atoms with Crippen molar-refractivity contribution < 1.29 is 14.1 Å². The van der Waals surface area contributed by atoms with Crippen LogP contribution < -0.4 is 4.74 Å². The second kappa shape index (κ2) is 6.40. The van der Waals surface area contributed by atoms with E-state index in [9.17, 15) is 4.79 Å². The van der Waals surface area contributed by atoms with E-state index >= 15 is 0 Å². The Morgan fingerprint density at radius 2 is 2.09 bits per heavy atom. The number of hydrogen-bond donors (Lipinski definition) is 0. The van der Waals surface area contributed by atoms with Crippen LogP contribution in [0.2, 0.25) is 0 Å². The van der Waals surface area contributed by atoms with Crippen molar-refractivity contribution in [1.82, 2.24) is 15.0 Å². The molecule has 1 aliphatic rings. The van der Waals surface area contributed by atoms with Gasteiger partial charge in [-0.05, 0) is 37.1 Å². The van der Waals surface area contributed by atoms with Crippen molar-refractivity contribution >= 4 is 5.91 Å². The fraction of sp³-hybridized carbons (Fsp3) is 0.471. The van der Waals surface area contributed by atoms with Crippen molar-refractivity contribution in [2.75, 3.05) is 13.7 Å². The molecule has 1 atom stereocenters. The molecule has 122 valence electrons. The van der Waals surface area contributed by atoms with Crippen LogP contribution in [0.4, 0.5) is 0 Å². The number of rotatable bonds is 4. The van der Waals surface area contributed by atoms with Crippen molar-refractivity contribution in [2.45, 2.75) is 32.7 Å². The van der Waals surface area contributed by atoms with Gasteiger partial charge in [0.1, 0.15) is 11.8 Å². The molecule has 1 saturated heterocycles. The normalized spacial score (nSPS) is 17.7. The molecule has 1 amide bonds. The highest BCUT2D eigenvalue weighted by molar-refractivity contribution is 5.78. The number of carbonyl (C=O) groups is 1. The van der Waals surface area contributed by atoms with E-state index in [1.54, 1.807) is 7.11 Å². The molecule has 0 aliphatic carbocycles. The summed E-state index contributed by atoms with van der Waals surface area (Å²) in [5.74, 6) is 1.94. The van der Waals surface area contributed by atoms with Crippen LogP contribution in [0, 0.1) is 5.92 Å². The minimum Gasteiger partial charge on any atom is -0.497 e. The van der Waals surface area contributed by atoms with Gasteiger partial charge < -0.3 is 14.2 Å². The third-order valence-electron chi connectivity index (χ3n) is 4.10. The maximum Gasteiger partial charge on any atom is 0.249 e. The molecule has 6 heteroatoms. The van der Waals surface area contributed by atoms with Crippen molar-refractivity contribution in [3.05, 3.63) is 30.2 Å². The number of methoxy groups -OCH3 is 1. The second-order valence-electron chi connectivity index (χ2n) is 6.03. The first-order valence-electron chi connectivity index (χ1n) is 7.88. The van der Waals surface area contributed by atoms with E-state index in [-0.39, 0.29) is 17.9 Å². The first kappa shape index (κ1) is 15.5. The van der Waals surface area contributed by atoms with Gasteiger partial charge in [0.25, 0.3) is 0 Å². The van der Waals surface area contributed by atoms with Crippen LogP contribution in [0.25, 0.3) is 11.4 Å². The highest BCUT2D eigenvalue weighted by atomic mass is 16.5. The summed E-state index contributed by atoms with van der Waals surface area (Å²) in [6, 6.07) is 7.38. The molecule has 1 fully saturated rings. The standard InChI is InChI=1S/C17H21N3O3/c1-11(2)17(21)20-10-4-5-14(20)16-18-15(19-23-16)12-6-8-13(22-3)9-7-12/h6-9,11,14H,4-5,10H2,1-3H3. The van der Waals surface area contributed by atoms with Crippen LogP contribution in [0.15, 0.2) is 28.8 Å². The van der Waals surface area contributed by atoms with E-state index in [1.165, 1.54) is 0 Å². The summed E-state index contributed by atoms with van der Waals surface area (Å²) in [5.41, 5.74) is 0.862. The highest BCUT2D eigenvalue weighted by Crippen LogP contribution is 2.33. The number of ether oxygens (including phenoxy) is 1. The van der Waals surface area contributed by atoms with Gasteiger partial charge in [-0.1, -0.05) is 19.0 Å². The predicted molar refractivity (Wildman–Crippen MR) is 84.8 cm³/mol. The Balaban J connectivity index is 1.81. The molecule has 23 heavy (non-hydrogen) atoms. The number of aromatic nitrogens is 2. The molecule has 0 spiro atoms. The minimum absolute atomic E-state index is 0.0282. The van der Waals surface area contributed by atoms with Crippen LogP contribution in [0.1, 0.15) is 38.6 Å². The van der Waals surface area contributed by atoms with E-state index in [0.717, 1.165) is 30.7 Å². The molecular weight excluding hydrogens is 294 g/mol. The number of likely N-dealkylation sites (tertiary alicyclic amines) is 1. The molecule has 1 unspecified atom stereocenters. The molecule has 0 N–H and O–H groups in total. The first-order chi connectivity index (χ1) is 11.1. The van der Waals surface area contributed by atoms with Gasteiger partial charge in [0.15, 0.2) is 0 Å². The molecule has 1 aromatic heterocycles. The number of amides is 1. The molecule has 0 radical (unpaired) electrons. The van der Waals surface area contributed by atoms with Crippen molar-refractivity contribution in [2.24, 2.45) is 5.92 Å². The maximum atomic E-state index is 12.3. The zero-order valence-electron chi connectivity index (χ0n) is 13.7. The number of hydrogen-bond acceptors (Lipinski definition) is 5. The third-order valence-corrected chi connectivity index (χ3v) is 4.10. The maximum absolute atomic E-state index is 12.3. The van der Waals surface area contributed by atoms with Crippen LogP contribution in [0.5, 0.6) is 5.75 Å². The van der Waals surface area contributed by atoms with Gasteiger partial charge in [0, 0.05) is 18.0 Å². The summed E-state index contributed by atoms with van der Waals surface area (Å²) in [7, 11) is 1.63. The first-order valence-corrected chi connectivity index (χ1v) is 7.88. The van der Waals surface area contributed by atoms with Crippen LogP contribution in [-0.2, 0) is 4.79 Å². The van der Waals surface area contributed by atoms with Crippen LogP contribution in [-0.4, -0.2) is 34.6 Å². The molecule has 6 nitrogen and oxygen atoms in total. The minimum atomic E-state index is -0.107. The van der Waals surface area contributed by atoms with Crippen LogP contribution in [0.3, 0.4) is 0 Å². The Bertz CT molecular complexity index is 679. The molecule has 3 rings (SSSR count). The Labute approximate surface area is 135 Å². The lowest BCUT2D eigenvalue weighted by Gasteiger charge is -2.23. The molecule has 1 aromatic carbocycles. The van der Waals surface area contributed by atoms with E-state index in [0.29, 0.717) is 11.7 Å². The Hall–Kier alpha value is -2.37. The van der Waals surface area contributed by atoms with Gasteiger partial charge in [-0.3, -0.25) is 4.79 Å². The second-order valence-corrected chi connectivity index (χ2v) is 6.03. The van der Waals surface area contributed by atoms with Gasteiger partial charge in [-0.2, -0.15) is 4.98 Å². The third kappa shape index (κ3) is 3.06. The molecule has 0 bridgehead atoms. The van der Waals surface area contributed by atoms with Crippen molar-refractivity contribution in [3.8, 4) is 17.1 Å². The average Bonchev–Trinajstić information content (AvgIpc) is 3.22. The molecule has 0 saturated carbocycles. The van der Waals surface area contributed by atoms with E-state index in [2.05, 4.69) is 10.1 Å². The monoisotopic (exact) mass is 315 g/mol. The van der Waals surface area contributed by atoms with E-state index in [4.69, 9.17) is 9.26 Å². The van der Waals surface area contributed by atoms with E-state index < -0.39 is 0 Å². The number of nitrogens with zero attached hydrogens (tertiary/aromatic N) is 3. The van der Waals surface area contributed by atoms with Crippen molar-refractivity contribution in [1.29, 1.82) is 0 Å². The summed E-state index contributed by atoms with van der Waals surface area (Å²) in [4.78, 5) is 18.7. The summed E-state index contributed by atoms with van der Waals surface area (Å²) in [6.45, 7) is 4.57. The Morgan fingerprint density at radius 3 is 2.74 bits per heavy atom. The zero-order valence-corrected chi connectivity index (χ0v) is 13.7. The Morgan fingerprint density at radius 1 is 1.35 bits per heavy atom. The summed E-state index contributed by atoms with van der Waals surface area (Å²) in [6.07, 6.45) is 1.83. The molecule has 2 aromatic rings. The summed E-state index contributed by atoms with van der Waals surface area (Å²) < 4.78 is 10.6. The van der Waals surface area contributed by atoms with Gasteiger partial charge >= 0.3 is 0 Å². The van der Waals surface area contributed by atoms with Gasteiger partial charge in [-0.25, -0.2) is 0 Å². The average molecular weight is 315 g/mol. The molecule has 2 heterocycles. The fourth-order valence-electron chi connectivity index (χ4n) is 2.85. The van der Waals surface area contributed by atoms with Crippen molar-refractivity contribution in [3.63, 3.8) is 0 Å². The topological polar surface area (TPSA) is 68.5 Å². The largest absolute Gasteiger partial charge is 0.497 e. The van der Waals surface area contributed by atoms with Gasteiger partial charge in [0.05, 0.1) is 7.11 Å². The van der Waals surface area contributed by atoms with E-state index in [1.807, 2.05) is 43.0 Å². The molecule has 1 aliphatic heterocycles. The predicted octanol–water partition coefficient (Wildman–Crippen LogP) is 3.06. The number of benzene rings is 1. The highest BCUT2D eigenvalue weighted by Gasteiger charge is 2.34. The fourth-order valence-corrected chi connectivity index (χ4v) is 2.85. The molecular formula is C17H21N3O3. The lowest BCUT2D eigenvalue weighted by atomic mass is 10.1. The zero-order chi connectivity index (χ0) is 16.4. The SMILES string of the molecule is COc1ccc(-c2noc(C3CCCN3C(=O)C(C)C)n2)cc1. The quantitative estimate of drug-likeness (QED) is 0.867. The van der Waals surface area contributed by atoms with Gasteiger partial charge in [0.2, 0.25) is 17.6 Å². The summed E-state index contributed by atoms with van der Waals surface area (Å²) in [5, 5.41) is 4.06. The smallest absolute Gasteiger partial charge is 0.249 e. The number of carbonyl (C=O) groups excluding carboxylic acids is 1. The lowest BCUT2D eigenvalue weighted by molar-refractivity contribution is -0.135. The summed E-state index contributed by atoms with van der Waals surface area (Å²) >= 11 is 0. The lowest BCUT2D eigenvalue weighted by Crippen LogP contribution is -2.33. The Kier molecular flexibility index (Phi) is 4.32. The van der Waals surface area contributed by atoms with Crippen LogP contribution >= 0.6 is 0 Å². The van der Waals surface area contributed by atoms with Gasteiger partial charge in [-0.15, -0.1) is 0 Å².